The highest BCUT2D eigenvalue weighted by Crippen LogP contribution is 2.17. The summed E-state index contributed by atoms with van der Waals surface area (Å²) in [5, 5.41) is 9.13. The van der Waals surface area contributed by atoms with Crippen LogP contribution in [-0.4, -0.2) is 11.4 Å². The van der Waals surface area contributed by atoms with Crippen molar-refractivity contribution in [3.05, 3.63) is 29.3 Å². The average molecular weight is 171 g/mol. The minimum absolute atomic E-state index is 0.0156. The second kappa shape index (κ2) is 3.39. The number of phenolic OH excluding ortho intramolecular Hbond substituents is 1. The molecule has 0 bridgehead atoms. The molecular weight excluding hydrogens is 164 g/mol. The van der Waals surface area contributed by atoms with Crippen LogP contribution in [0.25, 0.3) is 0 Å². The maximum absolute atomic E-state index is 10.2. The molecule has 0 atom stereocenters. The number of hydrogen-bond donors (Lipinski definition) is 1. The van der Waals surface area contributed by atoms with Crippen LogP contribution in [0.3, 0.4) is 0 Å². The van der Waals surface area contributed by atoms with Crippen molar-refractivity contribution in [3.8, 4) is 5.75 Å². The molecule has 0 aliphatic rings. The summed E-state index contributed by atoms with van der Waals surface area (Å²) in [5.74, 6) is 0.324. The molecular formula is C8H7ClO2. The molecule has 1 aromatic rings. The van der Waals surface area contributed by atoms with Crippen molar-refractivity contribution in [2.75, 3.05) is 0 Å². The van der Waals surface area contributed by atoms with Crippen molar-refractivity contribution in [1.29, 1.82) is 0 Å². The molecule has 0 amide bonds. The summed E-state index contributed by atoms with van der Waals surface area (Å²) in [6, 6.07) is 4.73. The molecule has 0 unspecified atom stereocenters. The number of benzene rings is 1. The van der Waals surface area contributed by atoms with Crippen LogP contribution in [0, 0.1) is 0 Å². The van der Waals surface area contributed by atoms with Crippen LogP contribution >= 0.6 is 11.6 Å². The fourth-order valence-electron chi connectivity index (χ4n) is 0.772. The Morgan fingerprint density at radius 2 is 2.27 bits per heavy atom. The lowest BCUT2D eigenvalue weighted by atomic mass is 10.1. The number of rotatable bonds is 2. The Morgan fingerprint density at radius 1 is 1.55 bits per heavy atom. The molecule has 0 spiro atoms. The van der Waals surface area contributed by atoms with Gasteiger partial charge in [-0.1, -0.05) is 6.07 Å². The van der Waals surface area contributed by atoms with Gasteiger partial charge in [-0.05, 0) is 17.7 Å². The van der Waals surface area contributed by atoms with Crippen molar-refractivity contribution >= 4 is 17.9 Å². The summed E-state index contributed by atoms with van der Waals surface area (Å²) in [7, 11) is 0. The summed E-state index contributed by atoms with van der Waals surface area (Å²) in [6.45, 7) is 0. The van der Waals surface area contributed by atoms with E-state index < -0.39 is 0 Å². The molecule has 1 aromatic carbocycles. The molecule has 11 heavy (non-hydrogen) atoms. The lowest BCUT2D eigenvalue weighted by molar-refractivity contribution is 0.112. The molecule has 58 valence electrons. The van der Waals surface area contributed by atoms with E-state index in [0.717, 1.165) is 5.56 Å². The van der Waals surface area contributed by atoms with E-state index in [0.29, 0.717) is 17.7 Å². The van der Waals surface area contributed by atoms with Crippen LogP contribution in [0.15, 0.2) is 18.2 Å². The number of alkyl halides is 1. The third kappa shape index (κ3) is 1.71. The maximum atomic E-state index is 10.2. The number of hydrogen-bond acceptors (Lipinski definition) is 2. The molecule has 1 rings (SSSR count). The van der Waals surface area contributed by atoms with Gasteiger partial charge in [-0.2, -0.15) is 0 Å². The number of aldehydes is 1. The van der Waals surface area contributed by atoms with Gasteiger partial charge in [0.15, 0.2) is 6.29 Å². The fraction of sp³-hybridized carbons (Fsp3) is 0.125. The zero-order chi connectivity index (χ0) is 8.27. The van der Waals surface area contributed by atoms with Gasteiger partial charge in [-0.15, -0.1) is 11.6 Å². The molecule has 0 heterocycles. The van der Waals surface area contributed by atoms with Gasteiger partial charge in [0, 0.05) is 5.88 Å². The molecule has 0 aliphatic carbocycles. The van der Waals surface area contributed by atoms with Gasteiger partial charge in [0.2, 0.25) is 0 Å². The number of carbonyl (C=O) groups excluding carboxylic acids is 1. The number of halogens is 1. The Kier molecular flexibility index (Phi) is 2.49. The lowest BCUT2D eigenvalue weighted by Crippen LogP contribution is -1.83. The summed E-state index contributed by atoms with van der Waals surface area (Å²) >= 11 is 5.49. The Balaban J connectivity index is 3.09. The molecule has 2 nitrogen and oxygen atoms in total. The first-order valence-corrected chi connectivity index (χ1v) is 3.64. The van der Waals surface area contributed by atoms with E-state index in [2.05, 4.69) is 0 Å². The van der Waals surface area contributed by atoms with Gasteiger partial charge in [-0.25, -0.2) is 0 Å². The quantitative estimate of drug-likeness (QED) is 0.544. The van der Waals surface area contributed by atoms with Gasteiger partial charge in [0.1, 0.15) is 5.75 Å². The monoisotopic (exact) mass is 170 g/mol. The van der Waals surface area contributed by atoms with Gasteiger partial charge >= 0.3 is 0 Å². The van der Waals surface area contributed by atoms with Crippen molar-refractivity contribution in [3.63, 3.8) is 0 Å². The Bertz CT molecular complexity index is 271. The van der Waals surface area contributed by atoms with Crippen LogP contribution in [-0.2, 0) is 5.88 Å². The van der Waals surface area contributed by atoms with Crippen LogP contribution < -0.4 is 0 Å². The van der Waals surface area contributed by atoms with Crippen molar-refractivity contribution in [2.24, 2.45) is 0 Å². The summed E-state index contributed by atoms with van der Waals surface area (Å²) in [6.07, 6.45) is 0.605. The molecule has 0 saturated carbocycles. The summed E-state index contributed by atoms with van der Waals surface area (Å²) in [4.78, 5) is 10.2. The summed E-state index contributed by atoms with van der Waals surface area (Å²) < 4.78 is 0. The van der Waals surface area contributed by atoms with Crippen LogP contribution in [0.5, 0.6) is 5.75 Å². The minimum Gasteiger partial charge on any atom is -0.507 e. The molecule has 1 N–H and O–H groups in total. The zero-order valence-electron chi connectivity index (χ0n) is 5.75. The second-order valence-electron chi connectivity index (χ2n) is 2.14. The van der Waals surface area contributed by atoms with Gasteiger partial charge in [0.05, 0.1) is 5.56 Å². The molecule has 0 fully saturated rings. The van der Waals surface area contributed by atoms with Crippen LogP contribution in [0.1, 0.15) is 15.9 Å². The Labute approximate surface area is 69.4 Å². The zero-order valence-corrected chi connectivity index (χ0v) is 6.51. The van der Waals surface area contributed by atoms with Gasteiger partial charge in [-0.3, -0.25) is 4.79 Å². The van der Waals surface area contributed by atoms with E-state index in [4.69, 9.17) is 16.7 Å². The molecule has 3 heteroatoms. The third-order valence-electron chi connectivity index (χ3n) is 1.38. The van der Waals surface area contributed by atoms with Crippen LogP contribution in [0.4, 0.5) is 0 Å². The lowest BCUT2D eigenvalue weighted by Gasteiger charge is -1.98. The van der Waals surface area contributed by atoms with Crippen molar-refractivity contribution in [2.45, 2.75) is 5.88 Å². The highest BCUT2D eigenvalue weighted by molar-refractivity contribution is 6.17. The smallest absolute Gasteiger partial charge is 0.153 e. The third-order valence-corrected chi connectivity index (χ3v) is 1.68. The van der Waals surface area contributed by atoms with E-state index in [1.54, 1.807) is 12.1 Å². The minimum atomic E-state index is -0.0156. The number of aromatic hydroxyl groups is 1. The van der Waals surface area contributed by atoms with Crippen LogP contribution in [0.2, 0.25) is 0 Å². The van der Waals surface area contributed by atoms with Crippen molar-refractivity contribution < 1.29 is 9.90 Å². The molecule has 0 radical (unpaired) electrons. The van der Waals surface area contributed by atoms with Gasteiger partial charge in [0.25, 0.3) is 0 Å². The predicted molar refractivity (Wildman–Crippen MR) is 43.1 cm³/mol. The van der Waals surface area contributed by atoms with Crippen molar-refractivity contribution in [1.82, 2.24) is 0 Å². The first-order valence-electron chi connectivity index (χ1n) is 3.11. The van der Waals surface area contributed by atoms with E-state index in [9.17, 15) is 4.79 Å². The highest BCUT2D eigenvalue weighted by Gasteiger charge is 1.99. The van der Waals surface area contributed by atoms with E-state index in [1.165, 1.54) is 6.07 Å². The first kappa shape index (κ1) is 8.08. The normalized spacial score (nSPS) is 9.55. The first-order chi connectivity index (χ1) is 5.27. The largest absolute Gasteiger partial charge is 0.507 e. The van der Waals surface area contributed by atoms with E-state index >= 15 is 0 Å². The standard InChI is InChI=1S/C8H7ClO2/c9-4-6-1-2-7(5-10)8(11)3-6/h1-3,5,11H,4H2. The average Bonchev–Trinajstić information content (AvgIpc) is 2.04. The fourth-order valence-corrected chi connectivity index (χ4v) is 0.938. The Morgan fingerprint density at radius 3 is 2.73 bits per heavy atom. The van der Waals surface area contributed by atoms with Gasteiger partial charge < -0.3 is 5.11 Å². The topological polar surface area (TPSA) is 37.3 Å². The highest BCUT2D eigenvalue weighted by atomic mass is 35.5. The van der Waals surface area contributed by atoms with E-state index in [-0.39, 0.29) is 5.75 Å². The van der Waals surface area contributed by atoms with E-state index in [1.807, 2.05) is 0 Å². The number of carbonyl (C=O) groups is 1. The number of phenols is 1. The maximum Gasteiger partial charge on any atom is 0.153 e. The molecule has 0 aliphatic heterocycles. The predicted octanol–water partition coefficient (Wildman–Crippen LogP) is 1.94. The Hall–Kier alpha value is -1.02. The SMILES string of the molecule is O=Cc1ccc(CCl)cc1O. The molecule has 0 saturated heterocycles. The molecule has 0 aromatic heterocycles. The second-order valence-corrected chi connectivity index (χ2v) is 2.41. The summed E-state index contributed by atoms with van der Waals surface area (Å²) in [5.41, 5.74) is 1.09.